The van der Waals surface area contributed by atoms with Crippen LogP contribution in [0, 0.1) is 0 Å². The maximum atomic E-state index is 13.0. The smallest absolute Gasteiger partial charge is 0.326 e. The number of alkyl halides is 3. The molecule has 114 valence electrons. The number of nitrogens with two attached hydrogens (primary N) is 1. The van der Waals surface area contributed by atoms with E-state index in [-0.39, 0.29) is 12.0 Å². The van der Waals surface area contributed by atoms with Crippen LogP contribution in [0.15, 0.2) is 48.8 Å². The lowest BCUT2D eigenvalue weighted by Crippen LogP contribution is -2.09. The lowest BCUT2D eigenvalue weighted by atomic mass is 10.0. The molecular weight excluding hydrogens is 291 g/mol. The molecule has 0 amide bonds. The van der Waals surface area contributed by atoms with Gasteiger partial charge in [0.15, 0.2) is 0 Å². The summed E-state index contributed by atoms with van der Waals surface area (Å²) in [4.78, 5) is 4.38. The molecule has 0 fully saturated rings. The van der Waals surface area contributed by atoms with Crippen LogP contribution in [0.3, 0.4) is 0 Å². The van der Waals surface area contributed by atoms with Crippen LogP contribution in [0.2, 0.25) is 0 Å². The number of benzene rings is 1. The molecule has 3 aromatic rings. The van der Waals surface area contributed by atoms with Gasteiger partial charge in [0.1, 0.15) is 5.65 Å². The van der Waals surface area contributed by atoms with Gasteiger partial charge in [-0.05, 0) is 29.3 Å². The van der Waals surface area contributed by atoms with Crippen molar-refractivity contribution in [2.75, 3.05) is 0 Å². The molecule has 2 aromatic heterocycles. The summed E-state index contributed by atoms with van der Waals surface area (Å²) in [6.45, 7) is 0.398. The molecule has 3 nitrogen and oxygen atoms in total. The summed E-state index contributed by atoms with van der Waals surface area (Å²) in [5, 5.41) is 0. The Bertz CT molecular complexity index is 806. The molecule has 0 unspecified atom stereocenters. The van der Waals surface area contributed by atoms with Gasteiger partial charge in [0.25, 0.3) is 0 Å². The summed E-state index contributed by atoms with van der Waals surface area (Å²) < 4.78 is 40.8. The van der Waals surface area contributed by atoms with Gasteiger partial charge in [-0.25, -0.2) is 4.98 Å². The average Bonchev–Trinajstić information content (AvgIpc) is 2.87. The van der Waals surface area contributed by atoms with Gasteiger partial charge in [0, 0.05) is 25.4 Å². The number of fused-ring (bicyclic) bond motifs is 1. The predicted octanol–water partition coefficient (Wildman–Crippen LogP) is 3.40. The Hall–Kier alpha value is -2.34. The van der Waals surface area contributed by atoms with E-state index >= 15 is 0 Å². The summed E-state index contributed by atoms with van der Waals surface area (Å²) in [7, 11) is 0. The Kier molecular flexibility index (Phi) is 3.62. The van der Waals surface area contributed by atoms with Crippen LogP contribution in [0.5, 0.6) is 0 Å². The van der Waals surface area contributed by atoms with Crippen molar-refractivity contribution in [2.24, 2.45) is 5.73 Å². The molecule has 0 radical (unpaired) electrons. The maximum Gasteiger partial charge on any atom is 0.416 e. The molecule has 0 saturated heterocycles. The topological polar surface area (TPSA) is 43.3 Å². The fourth-order valence-electron chi connectivity index (χ4n) is 2.43. The molecule has 22 heavy (non-hydrogen) atoms. The van der Waals surface area contributed by atoms with Crippen molar-refractivity contribution in [3.05, 3.63) is 71.2 Å². The van der Waals surface area contributed by atoms with Gasteiger partial charge in [-0.2, -0.15) is 13.2 Å². The second-order valence-electron chi connectivity index (χ2n) is 5.07. The first kappa shape index (κ1) is 14.6. The molecule has 0 bridgehead atoms. The molecule has 2 N–H and O–H groups in total. The number of hydrogen-bond donors (Lipinski definition) is 1. The maximum absolute atomic E-state index is 13.0. The van der Waals surface area contributed by atoms with Crippen molar-refractivity contribution < 1.29 is 13.2 Å². The quantitative estimate of drug-likeness (QED) is 0.806. The zero-order valence-corrected chi connectivity index (χ0v) is 11.6. The van der Waals surface area contributed by atoms with Crippen LogP contribution in [-0.2, 0) is 19.1 Å². The van der Waals surface area contributed by atoms with Crippen LogP contribution in [-0.4, -0.2) is 9.38 Å². The Morgan fingerprint density at radius 1 is 1.14 bits per heavy atom. The zero-order chi connectivity index (χ0) is 15.7. The van der Waals surface area contributed by atoms with Gasteiger partial charge in [0.05, 0.1) is 11.3 Å². The SMILES string of the molecule is NCc1ccn2cc(Cc3ccccc3C(F)(F)F)nc2c1. The van der Waals surface area contributed by atoms with Gasteiger partial charge in [-0.15, -0.1) is 0 Å². The van der Waals surface area contributed by atoms with Gasteiger partial charge in [-0.3, -0.25) is 0 Å². The van der Waals surface area contributed by atoms with Crippen LogP contribution in [0.25, 0.3) is 5.65 Å². The minimum atomic E-state index is -4.36. The minimum absolute atomic E-state index is 0.134. The highest BCUT2D eigenvalue weighted by Gasteiger charge is 2.32. The van der Waals surface area contributed by atoms with Crippen molar-refractivity contribution in [1.29, 1.82) is 0 Å². The molecule has 0 aliphatic carbocycles. The zero-order valence-electron chi connectivity index (χ0n) is 11.6. The fraction of sp³-hybridized carbons (Fsp3) is 0.188. The van der Waals surface area contributed by atoms with Crippen LogP contribution in [0.4, 0.5) is 13.2 Å². The van der Waals surface area contributed by atoms with E-state index < -0.39 is 11.7 Å². The number of rotatable bonds is 3. The third-order valence-electron chi connectivity index (χ3n) is 3.50. The summed E-state index contributed by atoms with van der Waals surface area (Å²) in [6.07, 6.45) is -0.676. The van der Waals surface area contributed by atoms with E-state index in [1.165, 1.54) is 12.1 Å². The normalized spacial score (nSPS) is 12.0. The van der Waals surface area contributed by atoms with Gasteiger partial charge in [-0.1, -0.05) is 18.2 Å². The number of aromatic nitrogens is 2. The summed E-state index contributed by atoms with van der Waals surface area (Å²) in [5.74, 6) is 0. The second-order valence-corrected chi connectivity index (χ2v) is 5.07. The molecule has 2 heterocycles. The minimum Gasteiger partial charge on any atom is -0.326 e. The number of hydrogen-bond acceptors (Lipinski definition) is 2. The van der Waals surface area contributed by atoms with E-state index in [0.717, 1.165) is 11.6 Å². The van der Waals surface area contributed by atoms with E-state index in [1.807, 2.05) is 18.3 Å². The highest BCUT2D eigenvalue weighted by Crippen LogP contribution is 2.32. The Labute approximate surface area is 125 Å². The third-order valence-corrected chi connectivity index (χ3v) is 3.50. The molecule has 3 rings (SSSR count). The summed E-state index contributed by atoms with van der Waals surface area (Å²) in [5.41, 5.74) is 7.38. The van der Waals surface area contributed by atoms with E-state index in [2.05, 4.69) is 4.98 Å². The van der Waals surface area contributed by atoms with E-state index in [4.69, 9.17) is 5.73 Å². The van der Waals surface area contributed by atoms with E-state index in [9.17, 15) is 13.2 Å². The molecule has 0 atom stereocenters. The fourth-order valence-corrected chi connectivity index (χ4v) is 2.43. The first-order valence-corrected chi connectivity index (χ1v) is 6.79. The van der Waals surface area contributed by atoms with E-state index in [0.29, 0.717) is 17.9 Å². The van der Waals surface area contributed by atoms with Crippen molar-refractivity contribution in [1.82, 2.24) is 9.38 Å². The molecule has 0 saturated carbocycles. The number of imidazole rings is 1. The number of pyridine rings is 1. The number of halogens is 3. The van der Waals surface area contributed by atoms with Gasteiger partial charge < -0.3 is 10.1 Å². The first-order chi connectivity index (χ1) is 10.5. The Morgan fingerprint density at radius 3 is 2.64 bits per heavy atom. The average molecular weight is 305 g/mol. The van der Waals surface area contributed by atoms with Crippen LogP contribution < -0.4 is 5.73 Å². The molecular formula is C16H14F3N3. The summed E-state index contributed by atoms with van der Waals surface area (Å²) >= 11 is 0. The molecule has 1 aromatic carbocycles. The predicted molar refractivity (Wildman–Crippen MR) is 77.3 cm³/mol. The molecule has 6 heteroatoms. The standard InChI is InChI=1S/C16H14F3N3/c17-16(18,19)14-4-2-1-3-12(14)8-13-10-22-6-5-11(9-20)7-15(22)21-13/h1-7,10H,8-9,20H2. The lowest BCUT2D eigenvalue weighted by molar-refractivity contribution is -0.138. The molecule has 0 aliphatic rings. The van der Waals surface area contributed by atoms with Crippen LogP contribution in [0.1, 0.15) is 22.4 Å². The number of nitrogens with zero attached hydrogens (tertiary/aromatic N) is 2. The van der Waals surface area contributed by atoms with Crippen LogP contribution >= 0.6 is 0 Å². The second kappa shape index (κ2) is 5.46. The highest BCUT2D eigenvalue weighted by atomic mass is 19.4. The largest absolute Gasteiger partial charge is 0.416 e. The van der Waals surface area contributed by atoms with Crippen molar-refractivity contribution in [2.45, 2.75) is 19.1 Å². The Balaban J connectivity index is 1.97. The summed E-state index contributed by atoms with van der Waals surface area (Å²) in [6, 6.07) is 9.27. The van der Waals surface area contributed by atoms with Gasteiger partial charge in [0.2, 0.25) is 0 Å². The van der Waals surface area contributed by atoms with Crippen molar-refractivity contribution in [3.8, 4) is 0 Å². The highest BCUT2D eigenvalue weighted by molar-refractivity contribution is 5.44. The first-order valence-electron chi connectivity index (χ1n) is 6.79. The van der Waals surface area contributed by atoms with Crippen molar-refractivity contribution >= 4 is 5.65 Å². The lowest BCUT2D eigenvalue weighted by Gasteiger charge is -2.11. The molecule has 0 aliphatic heterocycles. The van der Waals surface area contributed by atoms with Crippen molar-refractivity contribution in [3.63, 3.8) is 0 Å². The third kappa shape index (κ3) is 2.82. The van der Waals surface area contributed by atoms with E-state index in [1.54, 1.807) is 16.7 Å². The monoisotopic (exact) mass is 305 g/mol. The Morgan fingerprint density at radius 2 is 1.91 bits per heavy atom. The van der Waals surface area contributed by atoms with Gasteiger partial charge >= 0.3 is 6.18 Å². The molecule has 0 spiro atoms.